The third-order valence-electron chi connectivity index (χ3n) is 4.98. The van der Waals surface area contributed by atoms with Crippen molar-refractivity contribution in [2.75, 3.05) is 20.3 Å². The van der Waals surface area contributed by atoms with E-state index in [2.05, 4.69) is 10.6 Å². The van der Waals surface area contributed by atoms with E-state index in [0.29, 0.717) is 0 Å². The molecule has 30 heavy (non-hydrogen) atoms. The standard InChI is InChI=1S/C17H30N2O11/c1-6(21)18-10-14(25)13(24)9(30-16(10)27-3)5-28-17-11(19-7(2)22)15(26)12(23)8(4-20)29-17/h8-17,20,23-26H,4-5H2,1-3H3,(H,18,21)(H,19,22)/t8-,9-,10+,11+,12+,13-,14-,15-,16+,17-/m1/s1. The topological polar surface area (TPSA) is 196 Å². The van der Waals surface area contributed by atoms with E-state index in [1.54, 1.807) is 0 Å². The largest absolute Gasteiger partial charge is 0.394 e. The quantitative estimate of drug-likeness (QED) is 0.202. The fourth-order valence-corrected chi connectivity index (χ4v) is 3.46. The molecule has 2 fully saturated rings. The van der Waals surface area contributed by atoms with Gasteiger partial charge in [0.15, 0.2) is 12.6 Å². The Balaban J connectivity index is 2.09. The van der Waals surface area contributed by atoms with Crippen LogP contribution in [0.3, 0.4) is 0 Å². The Morgan fingerprint density at radius 3 is 1.77 bits per heavy atom. The van der Waals surface area contributed by atoms with Crippen molar-refractivity contribution in [1.29, 1.82) is 0 Å². The second kappa shape index (κ2) is 10.7. The molecular formula is C17H30N2O11. The SMILES string of the molecule is CO[C@H]1O[C@H](CO[C@@H]2O[C@H](CO)[C@H](O)[C@H](O)[C@@H]2NC(C)=O)[C@@H](O)[C@H](O)[C@@H]1NC(C)=O. The first kappa shape index (κ1) is 24.8. The number of rotatable bonds is 7. The van der Waals surface area contributed by atoms with Crippen molar-refractivity contribution < 1.29 is 54.1 Å². The van der Waals surface area contributed by atoms with Crippen LogP contribution in [0.5, 0.6) is 0 Å². The monoisotopic (exact) mass is 438 g/mol. The number of carbonyl (C=O) groups is 2. The molecule has 174 valence electrons. The summed E-state index contributed by atoms with van der Waals surface area (Å²) in [6.07, 6.45) is -10.5. The average Bonchev–Trinajstić information content (AvgIpc) is 2.69. The smallest absolute Gasteiger partial charge is 0.217 e. The number of carbonyl (C=O) groups excluding carboxylic acids is 2. The Morgan fingerprint density at radius 1 is 0.833 bits per heavy atom. The van der Waals surface area contributed by atoms with E-state index in [0.717, 1.165) is 0 Å². The van der Waals surface area contributed by atoms with E-state index in [4.69, 9.17) is 18.9 Å². The summed E-state index contributed by atoms with van der Waals surface area (Å²) in [6.45, 7) is 1.45. The summed E-state index contributed by atoms with van der Waals surface area (Å²) in [5.41, 5.74) is 0. The second-order valence-electron chi connectivity index (χ2n) is 7.25. The Hall–Kier alpha value is -1.42. The van der Waals surface area contributed by atoms with Crippen LogP contribution in [-0.2, 0) is 28.5 Å². The number of aliphatic hydroxyl groups is 5. The van der Waals surface area contributed by atoms with E-state index < -0.39 is 79.7 Å². The normalized spacial score (nSPS) is 41.9. The van der Waals surface area contributed by atoms with Gasteiger partial charge in [0.05, 0.1) is 13.2 Å². The van der Waals surface area contributed by atoms with Crippen molar-refractivity contribution in [2.24, 2.45) is 0 Å². The van der Waals surface area contributed by atoms with Gasteiger partial charge in [0, 0.05) is 21.0 Å². The third-order valence-corrected chi connectivity index (χ3v) is 4.98. The van der Waals surface area contributed by atoms with E-state index in [9.17, 15) is 35.1 Å². The molecule has 2 rings (SSSR count). The number of aliphatic hydroxyl groups excluding tert-OH is 5. The Labute approximate surface area is 172 Å². The zero-order valence-electron chi connectivity index (χ0n) is 16.9. The molecule has 0 radical (unpaired) electrons. The highest BCUT2D eigenvalue weighted by atomic mass is 16.7. The van der Waals surface area contributed by atoms with Gasteiger partial charge in [-0.2, -0.15) is 0 Å². The van der Waals surface area contributed by atoms with Crippen molar-refractivity contribution in [3.05, 3.63) is 0 Å². The Morgan fingerprint density at radius 2 is 1.30 bits per heavy atom. The summed E-state index contributed by atoms with van der Waals surface area (Å²) in [5.74, 6) is -0.976. The van der Waals surface area contributed by atoms with Crippen LogP contribution in [0.15, 0.2) is 0 Å². The van der Waals surface area contributed by atoms with Crippen LogP contribution in [0.1, 0.15) is 13.8 Å². The van der Waals surface area contributed by atoms with Gasteiger partial charge in [-0.3, -0.25) is 9.59 Å². The molecule has 0 aromatic carbocycles. The zero-order valence-corrected chi connectivity index (χ0v) is 16.9. The van der Waals surface area contributed by atoms with E-state index >= 15 is 0 Å². The van der Waals surface area contributed by atoms with Crippen LogP contribution in [0.2, 0.25) is 0 Å². The maximum atomic E-state index is 11.5. The van der Waals surface area contributed by atoms with Crippen LogP contribution in [0.4, 0.5) is 0 Å². The Kier molecular flexibility index (Phi) is 8.90. The molecule has 0 aliphatic carbocycles. The van der Waals surface area contributed by atoms with Gasteiger partial charge in [-0.1, -0.05) is 0 Å². The molecule has 0 unspecified atom stereocenters. The summed E-state index contributed by atoms with van der Waals surface area (Å²) in [5, 5.41) is 55.2. The molecule has 10 atom stereocenters. The highest BCUT2D eigenvalue weighted by molar-refractivity contribution is 5.73. The predicted molar refractivity (Wildman–Crippen MR) is 96.6 cm³/mol. The van der Waals surface area contributed by atoms with Gasteiger partial charge in [-0.25, -0.2) is 0 Å². The molecule has 0 saturated carbocycles. The highest BCUT2D eigenvalue weighted by Gasteiger charge is 2.48. The van der Waals surface area contributed by atoms with Gasteiger partial charge in [0.2, 0.25) is 11.8 Å². The molecule has 2 aliphatic heterocycles. The molecule has 7 N–H and O–H groups in total. The summed E-state index contributed by atoms with van der Waals surface area (Å²) in [6, 6.07) is -2.19. The molecule has 13 heteroatoms. The van der Waals surface area contributed by atoms with Gasteiger partial charge in [-0.05, 0) is 0 Å². The van der Waals surface area contributed by atoms with E-state index in [1.165, 1.54) is 21.0 Å². The predicted octanol–water partition coefficient (Wildman–Crippen LogP) is -4.46. The molecule has 2 saturated heterocycles. The Bertz CT molecular complexity index is 592. The van der Waals surface area contributed by atoms with Gasteiger partial charge in [0.25, 0.3) is 0 Å². The molecule has 0 spiro atoms. The fraction of sp³-hybridized carbons (Fsp3) is 0.882. The third kappa shape index (κ3) is 5.63. The summed E-state index contributed by atoms with van der Waals surface area (Å²) in [7, 11) is 1.29. The highest BCUT2D eigenvalue weighted by Crippen LogP contribution is 2.26. The van der Waals surface area contributed by atoms with E-state index in [1.807, 2.05) is 0 Å². The first-order valence-corrected chi connectivity index (χ1v) is 9.43. The second-order valence-corrected chi connectivity index (χ2v) is 7.25. The number of nitrogens with one attached hydrogen (secondary N) is 2. The van der Waals surface area contributed by atoms with E-state index in [-0.39, 0.29) is 6.61 Å². The van der Waals surface area contributed by atoms with Gasteiger partial charge >= 0.3 is 0 Å². The lowest BCUT2D eigenvalue weighted by atomic mass is 9.96. The first-order valence-electron chi connectivity index (χ1n) is 9.43. The maximum absolute atomic E-state index is 11.5. The lowest BCUT2D eigenvalue weighted by Gasteiger charge is -2.44. The number of hydrogen-bond acceptors (Lipinski definition) is 11. The van der Waals surface area contributed by atoms with Crippen LogP contribution in [0.25, 0.3) is 0 Å². The van der Waals surface area contributed by atoms with Gasteiger partial charge in [-0.15, -0.1) is 0 Å². The van der Waals surface area contributed by atoms with Crippen LogP contribution >= 0.6 is 0 Å². The summed E-state index contributed by atoms with van der Waals surface area (Å²) >= 11 is 0. The molecule has 2 aliphatic rings. The molecule has 0 bridgehead atoms. The minimum Gasteiger partial charge on any atom is -0.394 e. The molecule has 0 aromatic heterocycles. The minimum absolute atomic E-state index is 0.368. The van der Waals surface area contributed by atoms with Crippen molar-refractivity contribution in [1.82, 2.24) is 10.6 Å². The summed E-state index contributed by atoms with van der Waals surface area (Å²) in [4.78, 5) is 22.8. The van der Waals surface area contributed by atoms with Crippen molar-refractivity contribution >= 4 is 11.8 Å². The molecule has 2 amide bonds. The molecule has 0 aromatic rings. The van der Waals surface area contributed by atoms with Crippen LogP contribution < -0.4 is 10.6 Å². The molecular weight excluding hydrogens is 408 g/mol. The molecule has 13 nitrogen and oxygen atoms in total. The lowest BCUT2D eigenvalue weighted by molar-refractivity contribution is -0.300. The van der Waals surface area contributed by atoms with Crippen LogP contribution in [0, 0.1) is 0 Å². The van der Waals surface area contributed by atoms with Crippen molar-refractivity contribution in [3.63, 3.8) is 0 Å². The van der Waals surface area contributed by atoms with Crippen molar-refractivity contribution in [3.8, 4) is 0 Å². The zero-order chi connectivity index (χ0) is 22.6. The maximum Gasteiger partial charge on any atom is 0.217 e. The first-order chi connectivity index (χ1) is 14.1. The number of amides is 2. The van der Waals surface area contributed by atoms with Crippen molar-refractivity contribution in [2.45, 2.75) is 75.1 Å². The number of ether oxygens (including phenoxy) is 4. The lowest BCUT2D eigenvalue weighted by Crippen LogP contribution is -2.66. The number of hydrogen-bond donors (Lipinski definition) is 7. The average molecular weight is 438 g/mol. The fourth-order valence-electron chi connectivity index (χ4n) is 3.46. The minimum atomic E-state index is -1.50. The summed E-state index contributed by atoms with van der Waals surface area (Å²) < 4.78 is 21.7. The number of methoxy groups -OCH3 is 1. The molecule has 2 heterocycles. The van der Waals surface area contributed by atoms with Gasteiger partial charge < -0.3 is 55.1 Å². The van der Waals surface area contributed by atoms with Gasteiger partial charge in [0.1, 0.15) is 48.7 Å². The van der Waals surface area contributed by atoms with Crippen LogP contribution in [-0.4, -0.2) is 119 Å².